The molecule has 4 heteroatoms. The Morgan fingerprint density at radius 2 is 0.796 bits per heavy atom. The van der Waals surface area contributed by atoms with Gasteiger partial charge in [-0.2, -0.15) is 0 Å². The summed E-state index contributed by atoms with van der Waals surface area (Å²) in [7, 11) is 0. The van der Waals surface area contributed by atoms with Gasteiger partial charge < -0.3 is 0 Å². The lowest BCUT2D eigenvalue weighted by atomic mass is 9.89. The second-order valence-electron chi connectivity index (χ2n) is 13.8. The molecule has 0 unspecified atom stereocenters. The summed E-state index contributed by atoms with van der Waals surface area (Å²) in [5.74, 6) is 1.74. The first-order chi connectivity index (χ1) is 26.8. The van der Waals surface area contributed by atoms with Crippen LogP contribution in [0.25, 0.3) is 110 Å². The zero-order valence-corrected chi connectivity index (χ0v) is 29.1. The molecule has 0 aliphatic rings. The van der Waals surface area contributed by atoms with E-state index < -0.39 is 0 Å². The van der Waals surface area contributed by atoms with Crippen LogP contribution in [0.4, 0.5) is 0 Å². The maximum atomic E-state index is 5.32. The number of hydrogen-bond acceptors (Lipinski definition) is 4. The fourth-order valence-electron chi connectivity index (χ4n) is 8.23. The topological polar surface area (TPSA) is 51.6 Å². The third kappa shape index (κ3) is 4.78. The highest BCUT2D eigenvalue weighted by Gasteiger charge is 2.21. The Balaban J connectivity index is 1.22. The SMILES string of the molecule is c1ccc(-c2nc(-c3ccc4ccccc4c3-c3ccc4c5ccccc5c5ccccc5c4c3)nc(-c3nc4ccccc4c4ccccc34)n2)cc1. The van der Waals surface area contributed by atoms with Gasteiger partial charge in [0.05, 0.1) is 5.52 Å². The van der Waals surface area contributed by atoms with E-state index in [4.69, 9.17) is 19.9 Å². The third-order valence-electron chi connectivity index (χ3n) is 10.7. The van der Waals surface area contributed by atoms with Crippen LogP contribution in [-0.4, -0.2) is 19.9 Å². The van der Waals surface area contributed by atoms with Crippen molar-refractivity contribution in [3.63, 3.8) is 0 Å². The molecule has 2 aromatic heterocycles. The van der Waals surface area contributed by atoms with Crippen molar-refractivity contribution < 1.29 is 0 Å². The first kappa shape index (κ1) is 30.3. The largest absolute Gasteiger partial charge is 0.244 e. The molecule has 0 amide bonds. The standard InChI is InChI=1S/C50H30N4/c1-2-15-32(16-3-1)48-52-49(54-50(53-48)47-42-24-11-10-22-39(42)41-23-12-13-25-45(41)51-47)43-29-26-31-14-4-5-17-34(31)46(43)33-27-28-40-37-20-7-6-18-35(37)36-19-8-9-21-38(36)44(40)30-33/h1-30H. The van der Waals surface area contributed by atoms with Crippen molar-refractivity contribution in [2.75, 3.05) is 0 Å². The molecule has 0 radical (unpaired) electrons. The van der Waals surface area contributed by atoms with Gasteiger partial charge in [0.1, 0.15) is 5.69 Å². The summed E-state index contributed by atoms with van der Waals surface area (Å²) in [6, 6.07) is 64.1. The average Bonchev–Trinajstić information content (AvgIpc) is 3.26. The molecule has 0 aliphatic carbocycles. The minimum atomic E-state index is 0.538. The molecule has 0 aliphatic heterocycles. The summed E-state index contributed by atoms with van der Waals surface area (Å²) in [6.07, 6.45) is 0. The Bertz CT molecular complexity index is 3240. The summed E-state index contributed by atoms with van der Waals surface area (Å²) in [4.78, 5) is 20.9. The molecule has 250 valence electrons. The highest BCUT2D eigenvalue weighted by molar-refractivity contribution is 6.26. The second-order valence-corrected chi connectivity index (χ2v) is 13.8. The van der Waals surface area contributed by atoms with E-state index in [0.717, 1.165) is 60.4 Å². The molecule has 0 N–H and O–H groups in total. The van der Waals surface area contributed by atoms with Crippen LogP contribution in [0.2, 0.25) is 0 Å². The smallest absolute Gasteiger partial charge is 0.183 e. The molecule has 54 heavy (non-hydrogen) atoms. The first-order valence-electron chi connectivity index (χ1n) is 18.2. The molecule has 0 fully saturated rings. The van der Waals surface area contributed by atoms with E-state index in [-0.39, 0.29) is 0 Å². The van der Waals surface area contributed by atoms with Crippen LogP contribution in [0.5, 0.6) is 0 Å². The number of para-hydroxylation sites is 1. The number of benzene rings is 9. The van der Waals surface area contributed by atoms with E-state index >= 15 is 0 Å². The number of rotatable bonds is 4. The Morgan fingerprint density at radius 1 is 0.278 bits per heavy atom. The zero-order valence-electron chi connectivity index (χ0n) is 29.1. The maximum Gasteiger partial charge on any atom is 0.183 e. The van der Waals surface area contributed by atoms with Gasteiger partial charge in [0.2, 0.25) is 0 Å². The minimum Gasteiger partial charge on any atom is -0.244 e. The molecule has 4 nitrogen and oxygen atoms in total. The number of pyridine rings is 1. The molecular weight excluding hydrogens is 657 g/mol. The van der Waals surface area contributed by atoms with E-state index in [1.54, 1.807) is 0 Å². The lowest BCUT2D eigenvalue weighted by Gasteiger charge is -2.17. The second kappa shape index (κ2) is 12.1. The molecule has 0 spiro atoms. The van der Waals surface area contributed by atoms with Gasteiger partial charge in [0.15, 0.2) is 17.5 Å². The Hall–Kier alpha value is -7.30. The Morgan fingerprint density at radius 3 is 1.52 bits per heavy atom. The van der Waals surface area contributed by atoms with Gasteiger partial charge in [-0.05, 0) is 72.2 Å². The summed E-state index contributed by atoms with van der Waals surface area (Å²) < 4.78 is 0. The van der Waals surface area contributed by atoms with E-state index in [0.29, 0.717) is 17.5 Å². The molecule has 0 saturated heterocycles. The van der Waals surface area contributed by atoms with Crippen LogP contribution < -0.4 is 0 Å². The van der Waals surface area contributed by atoms with Crippen LogP contribution in [0.3, 0.4) is 0 Å². The van der Waals surface area contributed by atoms with E-state index in [1.807, 2.05) is 24.3 Å². The summed E-state index contributed by atoms with van der Waals surface area (Å²) >= 11 is 0. The highest BCUT2D eigenvalue weighted by Crippen LogP contribution is 2.42. The number of nitrogens with zero attached hydrogens (tertiary/aromatic N) is 4. The summed E-state index contributed by atoms with van der Waals surface area (Å²) in [5, 5.41) is 13.0. The first-order valence-corrected chi connectivity index (χ1v) is 18.2. The van der Waals surface area contributed by atoms with Crippen molar-refractivity contribution in [2.45, 2.75) is 0 Å². The highest BCUT2D eigenvalue weighted by atomic mass is 15.0. The molecule has 0 bridgehead atoms. The van der Waals surface area contributed by atoms with Gasteiger partial charge in [-0.3, -0.25) is 0 Å². The van der Waals surface area contributed by atoms with Crippen molar-refractivity contribution in [1.29, 1.82) is 0 Å². The van der Waals surface area contributed by atoms with E-state index in [1.165, 1.54) is 32.3 Å². The van der Waals surface area contributed by atoms with Crippen molar-refractivity contribution in [3.8, 4) is 45.4 Å². The Labute approximate surface area is 311 Å². The van der Waals surface area contributed by atoms with Gasteiger partial charge in [-0.15, -0.1) is 0 Å². The average molecular weight is 687 g/mol. The van der Waals surface area contributed by atoms with Gasteiger partial charge in [-0.25, -0.2) is 19.9 Å². The maximum absolute atomic E-state index is 5.32. The summed E-state index contributed by atoms with van der Waals surface area (Å²) in [6.45, 7) is 0. The van der Waals surface area contributed by atoms with E-state index in [2.05, 4.69) is 158 Å². The van der Waals surface area contributed by atoms with Crippen LogP contribution in [-0.2, 0) is 0 Å². The predicted molar refractivity (Wildman–Crippen MR) is 224 cm³/mol. The van der Waals surface area contributed by atoms with Crippen LogP contribution in [0.15, 0.2) is 182 Å². The van der Waals surface area contributed by atoms with Gasteiger partial charge in [0.25, 0.3) is 0 Å². The monoisotopic (exact) mass is 686 g/mol. The molecule has 0 saturated carbocycles. The summed E-state index contributed by atoms with van der Waals surface area (Å²) in [5.41, 5.74) is 5.67. The Kier molecular flexibility index (Phi) is 6.82. The fraction of sp³-hybridized carbons (Fsp3) is 0. The fourth-order valence-corrected chi connectivity index (χ4v) is 8.23. The van der Waals surface area contributed by atoms with Crippen LogP contribution >= 0.6 is 0 Å². The van der Waals surface area contributed by atoms with Crippen molar-refractivity contribution in [3.05, 3.63) is 182 Å². The number of hydrogen-bond donors (Lipinski definition) is 0. The quantitative estimate of drug-likeness (QED) is 0.173. The number of aromatic nitrogens is 4. The van der Waals surface area contributed by atoms with Crippen molar-refractivity contribution >= 4 is 64.8 Å². The molecule has 2 heterocycles. The van der Waals surface area contributed by atoms with Gasteiger partial charge in [-0.1, -0.05) is 164 Å². The van der Waals surface area contributed by atoms with Crippen LogP contribution in [0, 0.1) is 0 Å². The molecule has 9 aromatic carbocycles. The van der Waals surface area contributed by atoms with Gasteiger partial charge in [0, 0.05) is 27.5 Å². The van der Waals surface area contributed by atoms with E-state index in [9.17, 15) is 0 Å². The normalized spacial score (nSPS) is 11.7. The zero-order chi connectivity index (χ0) is 35.6. The van der Waals surface area contributed by atoms with Crippen molar-refractivity contribution in [1.82, 2.24) is 19.9 Å². The molecule has 0 atom stereocenters. The molecule has 11 rings (SSSR count). The molecule has 11 aromatic rings. The lowest BCUT2D eigenvalue weighted by molar-refractivity contribution is 1.07. The minimum absolute atomic E-state index is 0.538. The van der Waals surface area contributed by atoms with Crippen LogP contribution in [0.1, 0.15) is 0 Å². The molecular formula is C50H30N4. The van der Waals surface area contributed by atoms with Gasteiger partial charge >= 0.3 is 0 Å². The third-order valence-corrected chi connectivity index (χ3v) is 10.7. The predicted octanol–water partition coefficient (Wildman–Crippen LogP) is 12.9. The lowest BCUT2D eigenvalue weighted by Crippen LogP contribution is -2.03. The van der Waals surface area contributed by atoms with Crippen molar-refractivity contribution in [2.24, 2.45) is 0 Å². The number of fused-ring (bicyclic) bond motifs is 10.